The molecular weight excluding hydrogens is 420 g/mol. The molecule has 8 heteroatoms. The summed E-state index contributed by atoms with van der Waals surface area (Å²) in [6.45, 7) is 4.98. The quantitative estimate of drug-likeness (QED) is 0.505. The van der Waals surface area contributed by atoms with Crippen LogP contribution in [-0.4, -0.2) is 74.2 Å². The van der Waals surface area contributed by atoms with Crippen molar-refractivity contribution in [1.29, 1.82) is 0 Å². The van der Waals surface area contributed by atoms with Crippen molar-refractivity contribution in [3.63, 3.8) is 0 Å². The zero-order valence-electron chi connectivity index (χ0n) is 19.1. The summed E-state index contributed by atoms with van der Waals surface area (Å²) >= 11 is 0. The van der Waals surface area contributed by atoms with E-state index in [9.17, 15) is 4.79 Å². The van der Waals surface area contributed by atoms with Crippen molar-refractivity contribution >= 4 is 5.91 Å². The monoisotopic (exact) mass is 450 g/mol. The number of aromatic nitrogens is 2. The third-order valence-corrected chi connectivity index (χ3v) is 5.67. The fourth-order valence-corrected chi connectivity index (χ4v) is 3.87. The average Bonchev–Trinajstić information content (AvgIpc) is 3.32. The van der Waals surface area contributed by atoms with Crippen LogP contribution in [0.3, 0.4) is 0 Å². The Kier molecular flexibility index (Phi) is 7.59. The molecule has 0 aliphatic carbocycles. The highest BCUT2D eigenvalue weighted by atomic mass is 16.5. The lowest BCUT2D eigenvalue weighted by atomic mass is 10.1. The molecule has 8 nitrogen and oxygen atoms in total. The summed E-state index contributed by atoms with van der Waals surface area (Å²) in [4.78, 5) is 15.5. The normalized spacial score (nSPS) is 14.1. The number of methoxy groups -OCH3 is 2. The van der Waals surface area contributed by atoms with Crippen molar-refractivity contribution in [2.24, 2.45) is 0 Å². The van der Waals surface area contributed by atoms with Crippen molar-refractivity contribution in [2.45, 2.75) is 6.42 Å². The number of morpholine rings is 1. The second-order valence-corrected chi connectivity index (χ2v) is 7.79. The summed E-state index contributed by atoms with van der Waals surface area (Å²) in [7, 11) is 3.22. The maximum absolute atomic E-state index is 13.1. The maximum Gasteiger partial charge on any atom is 0.270 e. The molecule has 1 aliphatic rings. The Bertz CT molecular complexity index is 1060. The van der Waals surface area contributed by atoms with E-state index in [4.69, 9.17) is 19.3 Å². The fraction of sp³-hybridized carbons (Fsp3) is 0.360. The molecule has 4 rings (SSSR count). The highest BCUT2D eigenvalue weighted by molar-refractivity contribution is 5.94. The Balaban J connectivity index is 1.55. The molecular formula is C25H30N4O4. The summed E-state index contributed by atoms with van der Waals surface area (Å²) in [6, 6.07) is 17.0. The Labute approximate surface area is 194 Å². The molecule has 2 aromatic carbocycles. The van der Waals surface area contributed by atoms with Gasteiger partial charge in [0.1, 0.15) is 17.2 Å². The van der Waals surface area contributed by atoms with Crippen LogP contribution in [0.5, 0.6) is 11.5 Å². The van der Waals surface area contributed by atoms with Crippen LogP contribution in [0.2, 0.25) is 0 Å². The van der Waals surface area contributed by atoms with E-state index in [0.717, 1.165) is 50.5 Å². The molecule has 174 valence electrons. The van der Waals surface area contributed by atoms with E-state index < -0.39 is 0 Å². The number of rotatable bonds is 9. The predicted molar refractivity (Wildman–Crippen MR) is 126 cm³/mol. The fourth-order valence-electron chi connectivity index (χ4n) is 3.87. The maximum atomic E-state index is 13.1. The Hall–Kier alpha value is -3.36. The topological polar surface area (TPSA) is 77.9 Å². The standard InChI is InChI=1S/C25H30N4O4/c1-31-20-9-10-21(24(17-20)32-2)22-18-23(29(27-22)19-7-4-3-5-8-19)25(30)26-11-6-12-28-13-15-33-16-14-28/h3-5,7-10,17-18H,6,11-16H2,1-2H3,(H,26,30). The largest absolute Gasteiger partial charge is 0.497 e. The Morgan fingerprint density at radius 2 is 1.85 bits per heavy atom. The predicted octanol–water partition coefficient (Wildman–Crippen LogP) is 3.01. The van der Waals surface area contributed by atoms with Crippen molar-refractivity contribution in [1.82, 2.24) is 20.0 Å². The number of hydrogen-bond acceptors (Lipinski definition) is 6. The molecule has 3 aromatic rings. The second-order valence-electron chi connectivity index (χ2n) is 7.79. The Morgan fingerprint density at radius 1 is 1.06 bits per heavy atom. The molecule has 1 N–H and O–H groups in total. The van der Waals surface area contributed by atoms with Gasteiger partial charge < -0.3 is 19.5 Å². The number of nitrogens with zero attached hydrogens (tertiary/aromatic N) is 3. The Morgan fingerprint density at radius 3 is 2.58 bits per heavy atom. The number of ether oxygens (including phenoxy) is 3. The number of para-hydroxylation sites is 1. The molecule has 1 saturated heterocycles. The van der Waals surface area contributed by atoms with Gasteiger partial charge in [-0.15, -0.1) is 0 Å². The van der Waals surface area contributed by atoms with Crippen LogP contribution in [0.15, 0.2) is 54.6 Å². The molecule has 1 aliphatic heterocycles. The van der Waals surface area contributed by atoms with Crippen LogP contribution in [0, 0.1) is 0 Å². The van der Waals surface area contributed by atoms with Gasteiger partial charge in [0.15, 0.2) is 0 Å². The lowest BCUT2D eigenvalue weighted by Gasteiger charge is -2.26. The van der Waals surface area contributed by atoms with E-state index in [1.807, 2.05) is 48.5 Å². The van der Waals surface area contributed by atoms with Crippen LogP contribution >= 0.6 is 0 Å². The van der Waals surface area contributed by atoms with E-state index in [-0.39, 0.29) is 5.91 Å². The van der Waals surface area contributed by atoms with Crippen LogP contribution < -0.4 is 14.8 Å². The summed E-state index contributed by atoms with van der Waals surface area (Å²) in [5, 5.41) is 7.80. The number of amides is 1. The molecule has 0 atom stereocenters. The molecule has 0 unspecified atom stereocenters. The first-order valence-electron chi connectivity index (χ1n) is 11.2. The molecule has 0 saturated carbocycles. The highest BCUT2D eigenvalue weighted by Crippen LogP contribution is 2.33. The van der Waals surface area contributed by atoms with Gasteiger partial charge in [-0.25, -0.2) is 4.68 Å². The molecule has 1 fully saturated rings. The van der Waals surface area contributed by atoms with Gasteiger partial charge in [0.05, 0.1) is 38.8 Å². The molecule has 0 radical (unpaired) electrons. The zero-order valence-corrected chi connectivity index (χ0v) is 19.1. The number of nitrogens with one attached hydrogen (secondary N) is 1. The minimum Gasteiger partial charge on any atom is -0.497 e. The first kappa shape index (κ1) is 22.8. The lowest BCUT2D eigenvalue weighted by molar-refractivity contribution is 0.0374. The van der Waals surface area contributed by atoms with E-state index in [1.54, 1.807) is 25.0 Å². The van der Waals surface area contributed by atoms with Gasteiger partial charge in [-0.3, -0.25) is 9.69 Å². The van der Waals surface area contributed by atoms with Gasteiger partial charge in [0.25, 0.3) is 5.91 Å². The van der Waals surface area contributed by atoms with Crippen molar-refractivity contribution in [3.8, 4) is 28.4 Å². The van der Waals surface area contributed by atoms with Gasteiger partial charge in [0, 0.05) is 31.3 Å². The number of benzene rings is 2. The van der Waals surface area contributed by atoms with Crippen LogP contribution in [0.1, 0.15) is 16.9 Å². The summed E-state index contributed by atoms with van der Waals surface area (Å²) in [6.07, 6.45) is 0.879. The summed E-state index contributed by atoms with van der Waals surface area (Å²) < 4.78 is 17.9. The third-order valence-electron chi connectivity index (χ3n) is 5.67. The zero-order chi connectivity index (χ0) is 23.0. The molecule has 33 heavy (non-hydrogen) atoms. The van der Waals surface area contributed by atoms with Gasteiger partial charge in [0.2, 0.25) is 0 Å². The molecule has 2 heterocycles. The van der Waals surface area contributed by atoms with E-state index in [0.29, 0.717) is 29.4 Å². The molecule has 1 amide bonds. The van der Waals surface area contributed by atoms with E-state index in [2.05, 4.69) is 10.2 Å². The smallest absolute Gasteiger partial charge is 0.270 e. The van der Waals surface area contributed by atoms with Crippen LogP contribution in [0.4, 0.5) is 0 Å². The number of hydrogen-bond donors (Lipinski definition) is 1. The minimum atomic E-state index is -0.160. The molecule has 0 bridgehead atoms. The van der Waals surface area contributed by atoms with Gasteiger partial charge >= 0.3 is 0 Å². The summed E-state index contributed by atoms with van der Waals surface area (Å²) in [5.74, 6) is 1.16. The van der Waals surface area contributed by atoms with E-state index >= 15 is 0 Å². The number of carbonyl (C=O) groups is 1. The lowest BCUT2D eigenvalue weighted by Crippen LogP contribution is -2.38. The van der Waals surface area contributed by atoms with Gasteiger partial charge in [-0.2, -0.15) is 5.10 Å². The van der Waals surface area contributed by atoms with Crippen molar-refractivity contribution < 1.29 is 19.0 Å². The molecule has 0 spiro atoms. The molecule has 1 aromatic heterocycles. The minimum absolute atomic E-state index is 0.160. The number of carbonyl (C=O) groups excluding carboxylic acids is 1. The summed E-state index contributed by atoms with van der Waals surface area (Å²) in [5.41, 5.74) is 2.72. The van der Waals surface area contributed by atoms with Crippen LogP contribution in [-0.2, 0) is 4.74 Å². The van der Waals surface area contributed by atoms with Crippen molar-refractivity contribution in [2.75, 3.05) is 53.6 Å². The first-order chi connectivity index (χ1) is 16.2. The average molecular weight is 451 g/mol. The van der Waals surface area contributed by atoms with E-state index in [1.165, 1.54) is 0 Å². The van der Waals surface area contributed by atoms with Gasteiger partial charge in [-0.05, 0) is 43.3 Å². The first-order valence-corrected chi connectivity index (χ1v) is 11.2. The third kappa shape index (κ3) is 5.53. The second kappa shape index (κ2) is 11.0. The van der Waals surface area contributed by atoms with Crippen LogP contribution in [0.25, 0.3) is 16.9 Å². The SMILES string of the molecule is COc1ccc(-c2cc(C(=O)NCCCN3CCOCC3)n(-c3ccccc3)n2)c(OC)c1. The highest BCUT2D eigenvalue weighted by Gasteiger charge is 2.20. The van der Waals surface area contributed by atoms with Gasteiger partial charge in [-0.1, -0.05) is 18.2 Å². The van der Waals surface area contributed by atoms with Crippen molar-refractivity contribution in [3.05, 3.63) is 60.3 Å².